The van der Waals surface area contributed by atoms with Crippen molar-refractivity contribution >= 4 is 5.95 Å². The first-order valence-electron chi connectivity index (χ1n) is 5.88. The van der Waals surface area contributed by atoms with E-state index in [-0.39, 0.29) is 5.95 Å². The van der Waals surface area contributed by atoms with Gasteiger partial charge in [-0.15, -0.1) is 0 Å². The van der Waals surface area contributed by atoms with Gasteiger partial charge in [-0.1, -0.05) is 6.92 Å². The van der Waals surface area contributed by atoms with Crippen LogP contribution in [0.2, 0.25) is 0 Å². The number of nitrogens with zero attached hydrogens (tertiary/aromatic N) is 4. The number of piperazine rings is 1. The molecule has 0 saturated carbocycles. The highest BCUT2D eigenvalue weighted by Crippen LogP contribution is 2.28. The fourth-order valence-electron chi connectivity index (χ4n) is 1.92. The molecule has 1 saturated heterocycles. The highest BCUT2D eigenvalue weighted by Gasteiger charge is 2.33. The second-order valence-electron chi connectivity index (χ2n) is 4.16. The second kappa shape index (κ2) is 5.09. The summed E-state index contributed by atoms with van der Waals surface area (Å²) < 4.78 is 37.6. The largest absolute Gasteiger partial charge is 0.433 e. The Morgan fingerprint density at radius 2 is 1.89 bits per heavy atom. The van der Waals surface area contributed by atoms with Crippen LogP contribution in [0.1, 0.15) is 12.6 Å². The van der Waals surface area contributed by atoms with Crippen LogP contribution < -0.4 is 4.90 Å². The van der Waals surface area contributed by atoms with E-state index in [9.17, 15) is 13.2 Å². The van der Waals surface area contributed by atoms with Crippen molar-refractivity contribution < 1.29 is 13.2 Å². The van der Waals surface area contributed by atoms with E-state index in [1.54, 1.807) is 4.90 Å². The Hall–Kier alpha value is -1.37. The zero-order valence-electron chi connectivity index (χ0n) is 10.1. The Kier molecular flexibility index (Phi) is 3.70. The molecule has 0 radical (unpaired) electrons. The highest BCUT2D eigenvalue weighted by atomic mass is 19.4. The molecule has 0 atom stereocenters. The number of alkyl halides is 3. The molecule has 1 fully saturated rings. The van der Waals surface area contributed by atoms with E-state index in [1.165, 1.54) is 0 Å². The summed E-state index contributed by atoms with van der Waals surface area (Å²) in [5, 5.41) is 0. The average Bonchev–Trinajstić information content (AvgIpc) is 2.38. The van der Waals surface area contributed by atoms with E-state index < -0.39 is 11.9 Å². The van der Waals surface area contributed by atoms with Gasteiger partial charge in [0.2, 0.25) is 5.95 Å². The maximum Gasteiger partial charge on any atom is 0.433 e. The Morgan fingerprint density at radius 3 is 2.44 bits per heavy atom. The van der Waals surface area contributed by atoms with Gasteiger partial charge in [0, 0.05) is 32.4 Å². The predicted molar refractivity (Wildman–Crippen MR) is 61.4 cm³/mol. The molecule has 0 unspecified atom stereocenters. The lowest BCUT2D eigenvalue weighted by Gasteiger charge is -2.34. The van der Waals surface area contributed by atoms with Gasteiger partial charge >= 0.3 is 6.18 Å². The van der Waals surface area contributed by atoms with Crippen molar-refractivity contribution in [3.05, 3.63) is 18.0 Å². The third kappa shape index (κ3) is 2.90. The standard InChI is InChI=1S/C11H15F3N4/c1-2-17-5-7-18(8-6-17)10-15-4-3-9(16-10)11(12,13)14/h3-4H,2,5-8H2,1H3. The summed E-state index contributed by atoms with van der Waals surface area (Å²) in [6.07, 6.45) is -3.25. The van der Waals surface area contributed by atoms with Crippen molar-refractivity contribution in [2.45, 2.75) is 13.1 Å². The topological polar surface area (TPSA) is 32.3 Å². The van der Waals surface area contributed by atoms with E-state index in [4.69, 9.17) is 0 Å². The number of hydrogen-bond acceptors (Lipinski definition) is 4. The number of anilines is 1. The monoisotopic (exact) mass is 260 g/mol. The van der Waals surface area contributed by atoms with Gasteiger partial charge in [0.15, 0.2) is 0 Å². The van der Waals surface area contributed by atoms with Gasteiger partial charge in [-0.2, -0.15) is 13.2 Å². The van der Waals surface area contributed by atoms with E-state index in [0.717, 1.165) is 31.9 Å². The lowest BCUT2D eigenvalue weighted by atomic mass is 10.3. The fraction of sp³-hybridized carbons (Fsp3) is 0.636. The minimum Gasteiger partial charge on any atom is -0.338 e. The Bertz CT molecular complexity index is 400. The molecule has 0 amide bonds. The van der Waals surface area contributed by atoms with Crippen molar-refractivity contribution in [2.24, 2.45) is 0 Å². The Morgan fingerprint density at radius 1 is 1.22 bits per heavy atom. The predicted octanol–water partition coefficient (Wildman–Crippen LogP) is 1.64. The number of likely N-dealkylation sites (N-methyl/N-ethyl adjacent to an activating group) is 1. The summed E-state index contributed by atoms with van der Waals surface area (Å²) in [6, 6.07) is 0.895. The van der Waals surface area contributed by atoms with Crippen molar-refractivity contribution in [1.29, 1.82) is 0 Å². The first kappa shape index (κ1) is 13.1. The van der Waals surface area contributed by atoms with Crippen LogP contribution in [0.5, 0.6) is 0 Å². The third-order valence-corrected chi connectivity index (χ3v) is 3.04. The minimum absolute atomic E-state index is 0.167. The van der Waals surface area contributed by atoms with Crippen LogP contribution in [-0.4, -0.2) is 47.6 Å². The molecule has 2 rings (SSSR count). The molecule has 0 aliphatic carbocycles. The molecular formula is C11H15F3N4. The van der Waals surface area contributed by atoms with Crippen molar-refractivity contribution in [3.8, 4) is 0 Å². The molecule has 0 spiro atoms. The third-order valence-electron chi connectivity index (χ3n) is 3.04. The van der Waals surface area contributed by atoms with Crippen LogP contribution in [0.25, 0.3) is 0 Å². The summed E-state index contributed by atoms with van der Waals surface area (Å²) in [5.74, 6) is 0.167. The zero-order chi connectivity index (χ0) is 13.2. The summed E-state index contributed by atoms with van der Waals surface area (Å²) in [6.45, 7) is 6.00. The molecule has 0 N–H and O–H groups in total. The Labute approximate surface area is 103 Å². The van der Waals surface area contributed by atoms with Gasteiger partial charge in [0.05, 0.1) is 0 Å². The van der Waals surface area contributed by atoms with Crippen LogP contribution in [0.3, 0.4) is 0 Å². The van der Waals surface area contributed by atoms with Crippen LogP contribution in [-0.2, 0) is 6.18 Å². The first-order chi connectivity index (χ1) is 8.50. The van der Waals surface area contributed by atoms with Gasteiger partial charge < -0.3 is 9.80 Å². The first-order valence-corrected chi connectivity index (χ1v) is 5.88. The minimum atomic E-state index is -4.41. The molecule has 0 bridgehead atoms. The van der Waals surface area contributed by atoms with Gasteiger partial charge in [-0.3, -0.25) is 0 Å². The number of aromatic nitrogens is 2. The van der Waals surface area contributed by atoms with Gasteiger partial charge in [-0.25, -0.2) is 9.97 Å². The van der Waals surface area contributed by atoms with E-state index in [1.807, 2.05) is 0 Å². The van der Waals surface area contributed by atoms with Crippen molar-refractivity contribution in [1.82, 2.24) is 14.9 Å². The molecule has 1 aromatic heterocycles. The lowest BCUT2D eigenvalue weighted by Crippen LogP contribution is -2.46. The average molecular weight is 260 g/mol. The smallest absolute Gasteiger partial charge is 0.338 e. The molecule has 4 nitrogen and oxygen atoms in total. The molecule has 2 heterocycles. The zero-order valence-corrected chi connectivity index (χ0v) is 10.1. The highest BCUT2D eigenvalue weighted by molar-refractivity contribution is 5.31. The van der Waals surface area contributed by atoms with Gasteiger partial charge in [0.25, 0.3) is 0 Å². The number of rotatable bonds is 2. The summed E-state index contributed by atoms with van der Waals surface area (Å²) >= 11 is 0. The number of halogens is 3. The fourth-order valence-corrected chi connectivity index (χ4v) is 1.92. The summed E-state index contributed by atoms with van der Waals surface area (Å²) in [5.41, 5.74) is -0.884. The van der Waals surface area contributed by atoms with E-state index >= 15 is 0 Å². The molecule has 100 valence electrons. The van der Waals surface area contributed by atoms with Crippen LogP contribution in [0, 0.1) is 0 Å². The lowest BCUT2D eigenvalue weighted by molar-refractivity contribution is -0.141. The van der Waals surface area contributed by atoms with Crippen LogP contribution >= 0.6 is 0 Å². The van der Waals surface area contributed by atoms with Crippen LogP contribution in [0.15, 0.2) is 12.3 Å². The molecule has 1 aliphatic heterocycles. The van der Waals surface area contributed by atoms with E-state index in [2.05, 4.69) is 21.8 Å². The van der Waals surface area contributed by atoms with Gasteiger partial charge in [0.1, 0.15) is 5.69 Å². The molecular weight excluding hydrogens is 245 g/mol. The molecule has 0 aromatic carbocycles. The quantitative estimate of drug-likeness (QED) is 0.809. The van der Waals surface area contributed by atoms with Gasteiger partial charge in [-0.05, 0) is 12.6 Å². The van der Waals surface area contributed by atoms with E-state index in [0.29, 0.717) is 13.1 Å². The van der Waals surface area contributed by atoms with Crippen LogP contribution in [0.4, 0.5) is 19.1 Å². The summed E-state index contributed by atoms with van der Waals surface area (Å²) in [7, 11) is 0. The van der Waals surface area contributed by atoms with Crippen molar-refractivity contribution in [3.63, 3.8) is 0 Å². The normalized spacial score (nSPS) is 18.1. The second-order valence-corrected chi connectivity index (χ2v) is 4.16. The van der Waals surface area contributed by atoms with Crippen molar-refractivity contribution in [2.75, 3.05) is 37.6 Å². The maximum absolute atomic E-state index is 12.5. The molecule has 1 aromatic rings. The summed E-state index contributed by atoms with van der Waals surface area (Å²) in [4.78, 5) is 11.5. The molecule has 1 aliphatic rings. The number of hydrogen-bond donors (Lipinski definition) is 0. The molecule has 7 heteroatoms. The Balaban J connectivity index is 2.10. The maximum atomic E-state index is 12.5. The molecule has 18 heavy (non-hydrogen) atoms. The SMILES string of the molecule is CCN1CCN(c2nccc(C(F)(F)F)n2)CC1.